The van der Waals surface area contributed by atoms with Crippen molar-refractivity contribution in [1.29, 1.82) is 0 Å². The lowest BCUT2D eigenvalue weighted by Crippen LogP contribution is -2.29. The number of likely N-dealkylation sites (tertiary alicyclic amines) is 1. The SMILES string of the molecule is NCC#Cc1cc(F)ccc1CN1CCCC1CCCO. The van der Waals surface area contributed by atoms with Crippen molar-refractivity contribution in [2.24, 2.45) is 5.73 Å². The van der Waals surface area contributed by atoms with E-state index in [1.54, 1.807) is 0 Å². The van der Waals surface area contributed by atoms with Crippen LogP contribution in [0.1, 0.15) is 36.8 Å². The molecule has 0 radical (unpaired) electrons. The van der Waals surface area contributed by atoms with Crippen LogP contribution in [-0.4, -0.2) is 35.7 Å². The number of aliphatic hydroxyl groups is 1. The van der Waals surface area contributed by atoms with Crippen LogP contribution in [0.25, 0.3) is 0 Å². The number of rotatable bonds is 5. The van der Waals surface area contributed by atoms with Gasteiger partial charge in [0.25, 0.3) is 0 Å². The number of aliphatic hydroxyl groups excluding tert-OH is 1. The number of nitrogens with zero attached hydrogens (tertiary/aromatic N) is 1. The molecular weight excluding hydrogens is 267 g/mol. The van der Waals surface area contributed by atoms with Crippen LogP contribution in [0, 0.1) is 17.7 Å². The molecule has 1 atom stereocenters. The summed E-state index contributed by atoms with van der Waals surface area (Å²) in [6.45, 7) is 2.36. The van der Waals surface area contributed by atoms with Gasteiger partial charge >= 0.3 is 0 Å². The van der Waals surface area contributed by atoms with E-state index in [1.807, 2.05) is 6.07 Å². The van der Waals surface area contributed by atoms with Gasteiger partial charge in [-0.25, -0.2) is 4.39 Å². The summed E-state index contributed by atoms with van der Waals surface area (Å²) >= 11 is 0. The molecule has 0 aliphatic carbocycles. The maximum absolute atomic E-state index is 13.4. The summed E-state index contributed by atoms with van der Waals surface area (Å²) in [5, 5.41) is 8.98. The Morgan fingerprint density at radius 2 is 2.29 bits per heavy atom. The van der Waals surface area contributed by atoms with E-state index in [-0.39, 0.29) is 19.0 Å². The molecule has 0 bridgehead atoms. The Bertz CT molecular complexity index is 521. The molecule has 3 N–H and O–H groups in total. The van der Waals surface area contributed by atoms with Crippen LogP contribution >= 0.6 is 0 Å². The van der Waals surface area contributed by atoms with Crippen LogP contribution < -0.4 is 5.73 Å². The highest BCUT2D eigenvalue weighted by atomic mass is 19.1. The first kappa shape index (κ1) is 16.0. The van der Waals surface area contributed by atoms with Crippen molar-refractivity contribution >= 4 is 0 Å². The normalized spacial score (nSPS) is 18.5. The molecular formula is C17H23FN2O. The van der Waals surface area contributed by atoms with Gasteiger partial charge in [-0.05, 0) is 49.9 Å². The first-order valence-corrected chi connectivity index (χ1v) is 7.57. The van der Waals surface area contributed by atoms with Gasteiger partial charge in [0, 0.05) is 24.8 Å². The van der Waals surface area contributed by atoms with Gasteiger partial charge < -0.3 is 10.8 Å². The van der Waals surface area contributed by atoms with Gasteiger partial charge in [-0.2, -0.15) is 0 Å². The Kier molecular flexibility index (Phi) is 6.19. The zero-order valence-corrected chi connectivity index (χ0v) is 12.3. The Balaban J connectivity index is 2.11. The molecule has 1 saturated heterocycles. The first-order valence-electron chi connectivity index (χ1n) is 7.57. The first-order chi connectivity index (χ1) is 10.2. The van der Waals surface area contributed by atoms with E-state index in [0.717, 1.165) is 37.1 Å². The molecule has 114 valence electrons. The molecule has 0 amide bonds. The summed E-state index contributed by atoms with van der Waals surface area (Å²) in [6, 6.07) is 5.30. The number of benzene rings is 1. The largest absolute Gasteiger partial charge is 0.396 e. The van der Waals surface area contributed by atoms with E-state index in [0.29, 0.717) is 6.04 Å². The van der Waals surface area contributed by atoms with Crippen LogP contribution in [-0.2, 0) is 6.54 Å². The summed E-state index contributed by atoms with van der Waals surface area (Å²) < 4.78 is 13.4. The van der Waals surface area contributed by atoms with E-state index in [4.69, 9.17) is 10.8 Å². The minimum absolute atomic E-state index is 0.244. The molecule has 0 saturated carbocycles. The Labute approximate surface area is 125 Å². The molecule has 0 aromatic heterocycles. The fourth-order valence-corrected chi connectivity index (χ4v) is 2.93. The highest BCUT2D eigenvalue weighted by Gasteiger charge is 2.24. The highest BCUT2D eigenvalue weighted by molar-refractivity contribution is 5.42. The molecule has 21 heavy (non-hydrogen) atoms. The minimum atomic E-state index is -0.265. The number of halogens is 1. The summed E-state index contributed by atoms with van der Waals surface area (Å²) in [6.07, 6.45) is 4.21. The van der Waals surface area contributed by atoms with Gasteiger partial charge in [0.1, 0.15) is 5.82 Å². The summed E-state index contributed by atoms with van der Waals surface area (Å²) in [7, 11) is 0. The third-order valence-electron chi connectivity index (χ3n) is 3.97. The maximum Gasteiger partial charge on any atom is 0.124 e. The Morgan fingerprint density at radius 1 is 1.43 bits per heavy atom. The molecule has 3 nitrogen and oxygen atoms in total. The van der Waals surface area contributed by atoms with E-state index in [2.05, 4.69) is 16.7 Å². The zero-order chi connectivity index (χ0) is 15.1. The Hall–Kier alpha value is -1.41. The van der Waals surface area contributed by atoms with Gasteiger partial charge in [0.15, 0.2) is 0 Å². The average molecular weight is 290 g/mol. The molecule has 1 aromatic carbocycles. The number of nitrogens with two attached hydrogens (primary N) is 1. The molecule has 4 heteroatoms. The van der Waals surface area contributed by atoms with Crippen LogP contribution in [0.2, 0.25) is 0 Å². The lowest BCUT2D eigenvalue weighted by atomic mass is 10.1. The average Bonchev–Trinajstić information content (AvgIpc) is 2.92. The second-order valence-electron chi connectivity index (χ2n) is 5.44. The molecule has 0 spiro atoms. The minimum Gasteiger partial charge on any atom is -0.396 e. The van der Waals surface area contributed by atoms with E-state index < -0.39 is 0 Å². The predicted molar refractivity (Wildman–Crippen MR) is 82.1 cm³/mol. The van der Waals surface area contributed by atoms with Crippen molar-refractivity contribution in [1.82, 2.24) is 4.90 Å². The number of hydrogen-bond acceptors (Lipinski definition) is 3. The Morgan fingerprint density at radius 3 is 3.05 bits per heavy atom. The van der Waals surface area contributed by atoms with Crippen molar-refractivity contribution < 1.29 is 9.50 Å². The van der Waals surface area contributed by atoms with Crippen molar-refractivity contribution in [3.8, 4) is 11.8 Å². The fourth-order valence-electron chi connectivity index (χ4n) is 2.93. The van der Waals surface area contributed by atoms with Crippen LogP contribution in [0.4, 0.5) is 4.39 Å². The van der Waals surface area contributed by atoms with Crippen molar-refractivity contribution in [2.45, 2.75) is 38.3 Å². The molecule has 1 fully saturated rings. The lowest BCUT2D eigenvalue weighted by Gasteiger charge is -2.24. The van der Waals surface area contributed by atoms with Crippen molar-refractivity contribution in [2.75, 3.05) is 19.7 Å². The van der Waals surface area contributed by atoms with E-state index >= 15 is 0 Å². The molecule has 1 heterocycles. The molecule has 1 aromatic rings. The summed E-state index contributed by atoms with van der Waals surface area (Å²) in [5.74, 6) is 5.50. The second kappa shape index (κ2) is 8.14. The monoisotopic (exact) mass is 290 g/mol. The van der Waals surface area contributed by atoms with Gasteiger partial charge in [0.2, 0.25) is 0 Å². The van der Waals surface area contributed by atoms with Crippen LogP contribution in [0.3, 0.4) is 0 Å². The van der Waals surface area contributed by atoms with Crippen molar-refractivity contribution in [3.63, 3.8) is 0 Å². The summed E-state index contributed by atoms with van der Waals surface area (Å²) in [4.78, 5) is 2.41. The van der Waals surface area contributed by atoms with E-state index in [1.165, 1.54) is 25.0 Å². The third-order valence-corrected chi connectivity index (χ3v) is 3.97. The van der Waals surface area contributed by atoms with Crippen molar-refractivity contribution in [3.05, 3.63) is 35.1 Å². The quantitative estimate of drug-likeness (QED) is 0.814. The molecule has 1 aliphatic rings. The molecule has 2 rings (SSSR count). The van der Waals surface area contributed by atoms with Gasteiger partial charge in [0.05, 0.1) is 6.54 Å². The van der Waals surface area contributed by atoms with E-state index in [9.17, 15) is 4.39 Å². The topological polar surface area (TPSA) is 49.5 Å². The molecule has 1 unspecified atom stereocenters. The smallest absolute Gasteiger partial charge is 0.124 e. The van der Waals surface area contributed by atoms with Crippen LogP contribution in [0.5, 0.6) is 0 Å². The second-order valence-corrected chi connectivity index (χ2v) is 5.44. The standard InChI is InChI=1S/C17H23FN2O/c18-16-8-7-15(14(12-16)4-1-9-19)13-20-10-2-5-17(20)6-3-11-21/h7-8,12,17,21H,2-3,5-6,9-11,13,19H2. The third kappa shape index (κ3) is 4.53. The van der Waals surface area contributed by atoms with Crippen LogP contribution in [0.15, 0.2) is 18.2 Å². The van der Waals surface area contributed by atoms with Gasteiger partial charge in [-0.1, -0.05) is 17.9 Å². The fraction of sp³-hybridized carbons (Fsp3) is 0.529. The summed E-state index contributed by atoms with van der Waals surface area (Å²) in [5.41, 5.74) is 7.18. The maximum atomic E-state index is 13.4. The zero-order valence-electron chi connectivity index (χ0n) is 12.3. The number of hydrogen-bond donors (Lipinski definition) is 2. The highest BCUT2D eigenvalue weighted by Crippen LogP contribution is 2.24. The molecule has 1 aliphatic heterocycles. The predicted octanol–water partition coefficient (Wildman–Crippen LogP) is 1.87. The van der Waals surface area contributed by atoms with Gasteiger partial charge in [-0.15, -0.1) is 0 Å². The lowest BCUT2D eigenvalue weighted by molar-refractivity contribution is 0.210. The van der Waals surface area contributed by atoms with Gasteiger partial charge in [-0.3, -0.25) is 4.90 Å².